The molecule has 46 valence electrons. The van der Waals surface area contributed by atoms with E-state index in [0.29, 0.717) is 5.70 Å². The topological polar surface area (TPSA) is 48.2 Å². The molecule has 3 nitrogen and oxygen atoms in total. The molecule has 1 rings (SSSR count). The summed E-state index contributed by atoms with van der Waals surface area (Å²) in [5, 5.41) is 11.3. The van der Waals surface area contributed by atoms with E-state index in [4.69, 9.17) is 5.26 Å². The summed E-state index contributed by atoms with van der Waals surface area (Å²) in [5.74, 6) is 0. The number of nitrogens with zero attached hydrogens (tertiary/aromatic N) is 2. The Balaban J connectivity index is 2.66. The molecule has 0 radical (unpaired) electrons. The Morgan fingerprint density at radius 1 is 1.89 bits per heavy atom. The summed E-state index contributed by atoms with van der Waals surface area (Å²) < 4.78 is 0. The maximum atomic E-state index is 8.31. The molecule has 0 saturated heterocycles. The average molecular weight is 121 g/mol. The van der Waals surface area contributed by atoms with Crippen molar-refractivity contribution < 1.29 is 0 Å². The van der Waals surface area contributed by atoms with Gasteiger partial charge in [-0.3, -0.25) is 0 Å². The van der Waals surface area contributed by atoms with E-state index in [1.165, 1.54) is 0 Å². The summed E-state index contributed by atoms with van der Waals surface area (Å²) >= 11 is 0. The third-order valence-electron chi connectivity index (χ3n) is 1.03. The summed E-state index contributed by atoms with van der Waals surface area (Å²) in [4.78, 5) is 3.84. The molecule has 1 aliphatic heterocycles. The number of nitriles is 1. The fourth-order valence-corrected chi connectivity index (χ4v) is 0.544. The average Bonchev–Trinajstić information content (AvgIpc) is 1.90. The molecule has 0 aromatic rings. The second kappa shape index (κ2) is 2.31. The maximum absolute atomic E-state index is 8.31. The van der Waals surface area contributed by atoms with Gasteiger partial charge in [-0.05, 0) is 6.92 Å². The molecule has 3 heteroatoms. The van der Waals surface area contributed by atoms with Gasteiger partial charge in [-0.25, -0.2) is 4.99 Å². The Bertz CT molecular complexity index is 197. The number of allylic oxidation sites excluding steroid dienone is 1. The molecular weight excluding hydrogens is 114 g/mol. The highest BCUT2D eigenvalue weighted by Gasteiger charge is 2.00. The van der Waals surface area contributed by atoms with Gasteiger partial charge in [-0.15, -0.1) is 0 Å². The van der Waals surface area contributed by atoms with Gasteiger partial charge in [-0.2, -0.15) is 5.26 Å². The minimum atomic E-state index is 0.252. The Morgan fingerprint density at radius 2 is 2.67 bits per heavy atom. The molecule has 0 spiro atoms. The van der Waals surface area contributed by atoms with E-state index < -0.39 is 0 Å². The van der Waals surface area contributed by atoms with Crippen LogP contribution in [0.25, 0.3) is 0 Å². The summed E-state index contributed by atoms with van der Waals surface area (Å²) in [6.07, 6.45) is 3.32. The van der Waals surface area contributed by atoms with Crippen LogP contribution in [0.2, 0.25) is 0 Å². The van der Waals surface area contributed by atoms with Crippen molar-refractivity contribution in [1.29, 1.82) is 5.26 Å². The lowest BCUT2D eigenvalue weighted by molar-refractivity contribution is 0.799. The number of rotatable bonds is 0. The van der Waals surface area contributed by atoms with E-state index in [9.17, 15) is 0 Å². The van der Waals surface area contributed by atoms with Crippen LogP contribution >= 0.6 is 0 Å². The zero-order chi connectivity index (χ0) is 6.69. The molecule has 0 unspecified atom stereocenters. The predicted octanol–water partition coefficient (Wildman–Crippen LogP) is 0.414. The molecule has 0 aromatic heterocycles. The van der Waals surface area contributed by atoms with Crippen molar-refractivity contribution in [2.75, 3.05) is 0 Å². The highest BCUT2D eigenvalue weighted by Crippen LogP contribution is 1.96. The molecule has 0 saturated carbocycles. The van der Waals surface area contributed by atoms with Gasteiger partial charge in [0.05, 0.1) is 6.04 Å². The van der Waals surface area contributed by atoms with Gasteiger partial charge in [0.25, 0.3) is 0 Å². The van der Waals surface area contributed by atoms with Gasteiger partial charge >= 0.3 is 0 Å². The van der Waals surface area contributed by atoms with Crippen molar-refractivity contribution in [3.63, 3.8) is 0 Å². The lowest BCUT2D eigenvalue weighted by Gasteiger charge is -2.08. The monoisotopic (exact) mass is 121 g/mol. The van der Waals surface area contributed by atoms with Crippen molar-refractivity contribution in [3.05, 3.63) is 11.9 Å². The molecule has 0 fully saturated rings. The Kier molecular flexibility index (Phi) is 1.50. The van der Waals surface area contributed by atoms with Crippen LogP contribution in [-0.2, 0) is 0 Å². The largest absolute Gasteiger partial charge is 0.381 e. The van der Waals surface area contributed by atoms with Gasteiger partial charge < -0.3 is 5.32 Å². The third-order valence-corrected chi connectivity index (χ3v) is 1.03. The second-order valence-electron chi connectivity index (χ2n) is 1.87. The smallest absolute Gasteiger partial charge is 0.155 e. The number of hydrogen-bond acceptors (Lipinski definition) is 3. The van der Waals surface area contributed by atoms with Crippen LogP contribution in [0.1, 0.15) is 6.92 Å². The van der Waals surface area contributed by atoms with E-state index in [1.807, 2.05) is 13.0 Å². The highest BCUT2D eigenvalue weighted by atomic mass is 15.0. The van der Waals surface area contributed by atoms with Gasteiger partial charge in [-0.1, -0.05) is 0 Å². The van der Waals surface area contributed by atoms with Crippen molar-refractivity contribution in [1.82, 2.24) is 5.32 Å². The van der Waals surface area contributed by atoms with Crippen LogP contribution in [-0.4, -0.2) is 12.3 Å². The molecule has 0 aromatic carbocycles. The van der Waals surface area contributed by atoms with Crippen LogP contribution in [0.15, 0.2) is 16.9 Å². The lowest BCUT2D eigenvalue weighted by atomic mass is 10.3. The van der Waals surface area contributed by atoms with E-state index in [0.717, 1.165) is 0 Å². The molecule has 1 heterocycles. The van der Waals surface area contributed by atoms with Gasteiger partial charge in [0.15, 0.2) is 5.70 Å². The highest BCUT2D eigenvalue weighted by molar-refractivity contribution is 5.67. The van der Waals surface area contributed by atoms with E-state index in [-0.39, 0.29) is 6.04 Å². The number of aliphatic imine (C=N–C) groups is 1. The van der Waals surface area contributed by atoms with Crippen LogP contribution < -0.4 is 5.32 Å². The second-order valence-corrected chi connectivity index (χ2v) is 1.87. The third kappa shape index (κ3) is 1.29. The first-order valence-electron chi connectivity index (χ1n) is 2.73. The summed E-state index contributed by atoms with van der Waals surface area (Å²) in [7, 11) is 0. The van der Waals surface area contributed by atoms with Crippen LogP contribution in [0, 0.1) is 11.3 Å². The first-order chi connectivity index (χ1) is 4.33. The van der Waals surface area contributed by atoms with E-state index in [2.05, 4.69) is 10.3 Å². The molecule has 1 atom stereocenters. The van der Waals surface area contributed by atoms with E-state index >= 15 is 0 Å². The molecule has 1 aliphatic rings. The normalized spacial score (nSPS) is 24.0. The molecule has 1 N–H and O–H groups in total. The standard InChI is InChI=1S/C6H7N3/c1-5-3-9-6(2-7)4-8-5/h3-5,8H,1H3/t5-/m0/s1. The molecule has 0 amide bonds. The Morgan fingerprint density at radius 3 is 3.11 bits per heavy atom. The number of hydrogen-bond donors (Lipinski definition) is 1. The van der Waals surface area contributed by atoms with Crippen LogP contribution in [0.4, 0.5) is 0 Å². The maximum Gasteiger partial charge on any atom is 0.155 e. The van der Waals surface area contributed by atoms with Crippen LogP contribution in [0.3, 0.4) is 0 Å². The minimum Gasteiger partial charge on any atom is -0.381 e. The lowest BCUT2D eigenvalue weighted by Crippen LogP contribution is -2.24. The predicted molar refractivity (Wildman–Crippen MR) is 34.8 cm³/mol. The fraction of sp³-hybridized carbons (Fsp3) is 0.333. The van der Waals surface area contributed by atoms with Crippen molar-refractivity contribution in [3.8, 4) is 6.07 Å². The first kappa shape index (κ1) is 5.83. The molecule has 0 bridgehead atoms. The summed E-state index contributed by atoms with van der Waals surface area (Å²) in [5.41, 5.74) is 0.438. The SMILES string of the molecule is C[C@H]1C=NC(C#N)=CN1. The zero-order valence-corrected chi connectivity index (χ0v) is 5.13. The van der Waals surface area contributed by atoms with Crippen LogP contribution in [0.5, 0.6) is 0 Å². The van der Waals surface area contributed by atoms with Gasteiger partial charge in [0.1, 0.15) is 6.07 Å². The first-order valence-corrected chi connectivity index (χ1v) is 2.73. The summed E-state index contributed by atoms with van der Waals surface area (Å²) in [6, 6.07) is 2.18. The molecule has 9 heavy (non-hydrogen) atoms. The number of nitrogens with one attached hydrogen (secondary N) is 1. The summed E-state index contributed by atoms with van der Waals surface area (Å²) in [6.45, 7) is 1.97. The quantitative estimate of drug-likeness (QED) is 0.504. The molecule has 0 aliphatic carbocycles. The van der Waals surface area contributed by atoms with E-state index in [1.54, 1.807) is 12.4 Å². The molecular formula is C6H7N3. The van der Waals surface area contributed by atoms with Crippen molar-refractivity contribution in [2.24, 2.45) is 4.99 Å². The van der Waals surface area contributed by atoms with Crippen molar-refractivity contribution in [2.45, 2.75) is 13.0 Å². The van der Waals surface area contributed by atoms with Gasteiger partial charge in [0.2, 0.25) is 0 Å². The fourth-order valence-electron chi connectivity index (χ4n) is 0.544. The van der Waals surface area contributed by atoms with Gasteiger partial charge in [0, 0.05) is 12.4 Å². The Labute approximate surface area is 53.7 Å². The zero-order valence-electron chi connectivity index (χ0n) is 5.13. The Hall–Kier alpha value is -1.30. The van der Waals surface area contributed by atoms with Crippen molar-refractivity contribution >= 4 is 6.21 Å². The minimum absolute atomic E-state index is 0.252.